The molecule has 2 rings (SSSR count). The maximum Gasteiger partial charge on any atom is 0.225 e. The van der Waals surface area contributed by atoms with Crippen molar-refractivity contribution in [1.82, 2.24) is 10.2 Å². The molecule has 2 aliphatic rings. The highest BCUT2D eigenvalue weighted by Crippen LogP contribution is 2.31. The molecule has 3 heteroatoms. The highest BCUT2D eigenvalue weighted by Gasteiger charge is 2.34. The second kappa shape index (κ2) is 6.74. The van der Waals surface area contributed by atoms with Crippen molar-refractivity contribution in [2.75, 3.05) is 13.1 Å². The van der Waals surface area contributed by atoms with Crippen LogP contribution < -0.4 is 5.32 Å². The Morgan fingerprint density at radius 2 is 1.74 bits per heavy atom. The smallest absolute Gasteiger partial charge is 0.225 e. The van der Waals surface area contributed by atoms with Gasteiger partial charge in [0.1, 0.15) is 0 Å². The van der Waals surface area contributed by atoms with Gasteiger partial charge in [-0.25, -0.2) is 0 Å². The van der Waals surface area contributed by atoms with Crippen LogP contribution in [0.5, 0.6) is 0 Å². The lowest BCUT2D eigenvalue weighted by atomic mass is 10.0. The monoisotopic (exact) mass is 266 g/mol. The van der Waals surface area contributed by atoms with Crippen LogP contribution in [0.15, 0.2) is 0 Å². The number of likely N-dealkylation sites (tertiary alicyclic amines) is 1. The number of hydrogen-bond donors (Lipinski definition) is 1. The van der Waals surface area contributed by atoms with Crippen LogP contribution in [0.4, 0.5) is 0 Å². The van der Waals surface area contributed by atoms with E-state index in [9.17, 15) is 4.79 Å². The molecule has 19 heavy (non-hydrogen) atoms. The van der Waals surface area contributed by atoms with Crippen molar-refractivity contribution in [3.63, 3.8) is 0 Å². The maximum absolute atomic E-state index is 12.0. The van der Waals surface area contributed by atoms with Crippen molar-refractivity contribution in [1.29, 1.82) is 0 Å². The summed E-state index contributed by atoms with van der Waals surface area (Å²) >= 11 is 0. The summed E-state index contributed by atoms with van der Waals surface area (Å²) in [5, 5.41) is 3.74. The third-order valence-corrected chi connectivity index (χ3v) is 4.43. The molecule has 0 spiro atoms. The normalized spacial score (nSPS) is 22.8. The van der Waals surface area contributed by atoms with Crippen LogP contribution in [-0.2, 0) is 4.79 Å². The predicted molar refractivity (Wildman–Crippen MR) is 79.0 cm³/mol. The summed E-state index contributed by atoms with van der Waals surface area (Å²) in [6.07, 6.45) is 7.08. The molecule has 2 fully saturated rings. The molecule has 1 atom stereocenters. The van der Waals surface area contributed by atoms with Crippen LogP contribution in [0, 0.1) is 11.8 Å². The van der Waals surface area contributed by atoms with Gasteiger partial charge in [-0.1, -0.05) is 13.8 Å². The topological polar surface area (TPSA) is 32.3 Å². The van der Waals surface area contributed by atoms with Gasteiger partial charge in [0.25, 0.3) is 0 Å². The minimum absolute atomic E-state index is 0.384. The summed E-state index contributed by atoms with van der Waals surface area (Å²) in [4.78, 5) is 14.1. The highest BCUT2D eigenvalue weighted by molar-refractivity contribution is 5.81. The number of carbonyl (C=O) groups excluding carboxylic acids is 1. The van der Waals surface area contributed by atoms with Gasteiger partial charge < -0.3 is 10.2 Å². The molecule has 0 aromatic heterocycles. The lowest BCUT2D eigenvalue weighted by Crippen LogP contribution is -2.47. The molecule has 1 N–H and O–H groups in total. The number of carbonyl (C=O) groups is 1. The van der Waals surface area contributed by atoms with E-state index in [4.69, 9.17) is 0 Å². The predicted octanol–water partition coefficient (Wildman–Crippen LogP) is 2.80. The van der Waals surface area contributed by atoms with Crippen molar-refractivity contribution in [2.45, 2.75) is 71.4 Å². The van der Waals surface area contributed by atoms with Crippen LogP contribution in [0.2, 0.25) is 0 Å². The lowest BCUT2D eigenvalue weighted by Gasteiger charge is -2.34. The van der Waals surface area contributed by atoms with Gasteiger partial charge >= 0.3 is 0 Å². The van der Waals surface area contributed by atoms with Crippen molar-refractivity contribution in [2.24, 2.45) is 11.8 Å². The second-order valence-corrected chi connectivity index (χ2v) is 6.91. The average molecular weight is 266 g/mol. The number of nitrogens with one attached hydrogen (secondary N) is 1. The fourth-order valence-electron chi connectivity index (χ4n) is 2.92. The van der Waals surface area contributed by atoms with E-state index < -0.39 is 0 Å². The molecule has 110 valence electrons. The Morgan fingerprint density at radius 1 is 1.11 bits per heavy atom. The second-order valence-electron chi connectivity index (χ2n) is 6.91. The summed E-state index contributed by atoms with van der Waals surface area (Å²) in [6.45, 7) is 8.79. The number of rotatable bonds is 6. The fourth-order valence-corrected chi connectivity index (χ4v) is 2.92. The molecular formula is C16H30N2O. The molecule has 3 nitrogen and oxygen atoms in total. The Bertz CT molecular complexity index is 291. The molecule has 0 aromatic rings. The fraction of sp³-hybridized carbons (Fsp3) is 0.938. The van der Waals surface area contributed by atoms with Crippen LogP contribution in [0.3, 0.4) is 0 Å². The quantitative estimate of drug-likeness (QED) is 0.802. The van der Waals surface area contributed by atoms with Crippen molar-refractivity contribution in [3.05, 3.63) is 0 Å². The largest absolute Gasteiger partial charge is 0.342 e. The van der Waals surface area contributed by atoms with E-state index in [1.165, 1.54) is 12.8 Å². The molecule has 1 aliphatic carbocycles. The van der Waals surface area contributed by atoms with Gasteiger partial charge in [-0.15, -0.1) is 0 Å². The maximum atomic E-state index is 12.0. The molecule has 1 saturated carbocycles. The van der Waals surface area contributed by atoms with Gasteiger partial charge in [-0.05, 0) is 51.4 Å². The van der Waals surface area contributed by atoms with Crippen LogP contribution in [-0.4, -0.2) is 36.0 Å². The first-order valence-corrected chi connectivity index (χ1v) is 8.11. The molecule has 0 aromatic carbocycles. The van der Waals surface area contributed by atoms with Gasteiger partial charge in [0, 0.05) is 31.1 Å². The Balaban J connectivity index is 1.63. The minimum atomic E-state index is 0.384. The van der Waals surface area contributed by atoms with Crippen molar-refractivity contribution >= 4 is 5.91 Å². The molecule has 1 heterocycles. The van der Waals surface area contributed by atoms with Crippen LogP contribution >= 0.6 is 0 Å². The SMILES string of the molecule is CC(C)CCC(C)NC1CCN(C(=O)C2CC2)CC1. The van der Waals surface area contributed by atoms with E-state index >= 15 is 0 Å². The van der Waals surface area contributed by atoms with E-state index in [0.717, 1.165) is 44.7 Å². The van der Waals surface area contributed by atoms with Crippen molar-refractivity contribution < 1.29 is 4.79 Å². The zero-order valence-electron chi connectivity index (χ0n) is 12.8. The first-order chi connectivity index (χ1) is 9.06. The van der Waals surface area contributed by atoms with E-state index in [2.05, 4.69) is 31.0 Å². The van der Waals surface area contributed by atoms with Crippen LogP contribution in [0.25, 0.3) is 0 Å². The molecule has 1 saturated heterocycles. The van der Waals surface area contributed by atoms with Crippen molar-refractivity contribution in [3.8, 4) is 0 Å². The minimum Gasteiger partial charge on any atom is -0.342 e. The third kappa shape index (κ3) is 4.79. The highest BCUT2D eigenvalue weighted by atomic mass is 16.2. The summed E-state index contributed by atoms with van der Waals surface area (Å²) in [7, 11) is 0. The zero-order chi connectivity index (χ0) is 13.8. The molecule has 0 radical (unpaired) electrons. The van der Waals surface area contributed by atoms with Gasteiger partial charge in [-0.2, -0.15) is 0 Å². The summed E-state index contributed by atoms with van der Waals surface area (Å²) < 4.78 is 0. The zero-order valence-corrected chi connectivity index (χ0v) is 12.8. The number of nitrogens with zero attached hydrogens (tertiary/aromatic N) is 1. The Hall–Kier alpha value is -0.570. The third-order valence-electron chi connectivity index (χ3n) is 4.43. The number of piperidine rings is 1. The molecular weight excluding hydrogens is 236 g/mol. The van der Waals surface area contributed by atoms with Gasteiger partial charge in [-0.3, -0.25) is 4.79 Å². The van der Waals surface area contributed by atoms with Crippen LogP contribution in [0.1, 0.15) is 59.3 Å². The average Bonchev–Trinajstić information content (AvgIpc) is 3.21. The Labute approximate surface area is 118 Å². The number of hydrogen-bond acceptors (Lipinski definition) is 2. The van der Waals surface area contributed by atoms with E-state index in [-0.39, 0.29) is 0 Å². The van der Waals surface area contributed by atoms with E-state index in [1.54, 1.807) is 0 Å². The summed E-state index contributed by atoms with van der Waals surface area (Å²) in [5.74, 6) is 1.60. The summed E-state index contributed by atoms with van der Waals surface area (Å²) in [6, 6.07) is 1.23. The first-order valence-electron chi connectivity index (χ1n) is 8.11. The van der Waals surface area contributed by atoms with Gasteiger partial charge in [0.2, 0.25) is 5.91 Å². The Kier molecular flexibility index (Phi) is 5.26. The first kappa shape index (κ1) is 14.8. The number of amides is 1. The lowest BCUT2D eigenvalue weighted by molar-refractivity contribution is -0.133. The standard InChI is InChI=1S/C16H30N2O/c1-12(2)4-5-13(3)17-15-8-10-18(11-9-15)16(19)14-6-7-14/h12-15,17H,4-11H2,1-3H3. The molecule has 1 unspecified atom stereocenters. The Morgan fingerprint density at radius 3 is 2.26 bits per heavy atom. The van der Waals surface area contributed by atoms with Gasteiger partial charge in [0.05, 0.1) is 0 Å². The van der Waals surface area contributed by atoms with E-state index in [1.807, 2.05) is 0 Å². The van der Waals surface area contributed by atoms with Gasteiger partial charge in [0.15, 0.2) is 0 Å². The van der Waals surface area contributed by atoms with E-state index in [0.29, 0.717) is 23.9 Å². The molecule has 0 bridgehead atoms. The molecule has 1 amide bonds. The molecule has 1 aliphatic heterocycles. The summed E-state index contributed by atoms with van der Waals surface area (Å²) in [5.41, 5.74) is 0.